The molecule has 4 nitrogen and oxygen atoms in total. The van der Waals surface area contributed by atoms with E-state index in [1.54, 1.807) is 12.4 Å². The zero-order chi connectivity index (χ0) is 7.73. The molecule has 60 valence electrons. The lowest BCUT2D eigenvalue weighted by Gasteiger charge is -2.17. The molecule has 0 saturated carbocycles. The van der Waals surface area contributed by atoms with Gasteiger partial charge in [-0.1, -0.05) is 0 Å². The largest absolute Gasteiger partial charge is 0.381 e. The normalized spacial score (nSPS) is 31.0. The van der Waals surface area contributed by atoms with Crippen molar-refractivity contribution in [3.8, 4) is 0 Å². The zero-order valence-electron chi connectivity index (χ0n) is 6.17. The van der Waals surface area contributed by atoms with E-state index in [1.807, 2.05) is 0 Å². The number of aromatic nitrogens is 2. The lowest BCUT2D eigenvalue weighted by atomic mass is 10.0. The van der Waals surface area contributed by atoms with Gasteiger partial charge in [0.05, 0.1) is 0 Å². The summed E-state index contributed by atoms with van der Waals surface area (Å²) in [6.07, 6.45) is 4.12. The molecule has 0 bridgehead atoms. The maximum atomic E-state index is 9.90. The molecule has 0 spiro atoms. The van der Waals surface area contributed by atoms with E-state index in [0.29, 0.717) is 12.4 Å². The van der Waals surface area contributed by atoms with Crippen LogP contribution in [-0.2, 0) is 5.60 Å². The van der Waals surface area contributed by atoms with Crippen LogP contribution in [0.25, 0.3) is 0 Å². The summed E-state index contributed by atoms with van der Waals surface area (Å²) in [4.78, 5) is 6.94. The Morgan fingerprint density at radius 1 is 1.64 bits per heavy atom. The van der Waals surface area contributed by atoms with Gasteiger partial charge in [-0.15, -0.1) is 0 Å². The zero-order valence-corrected chi connectivity index (χ0v) is 6.17. The van der Waals surface area contributed by atoms with E-state index in [2.05, 4.69) is 15.3 Å². The van der Waals surface area contributed by atoms with Gasteiger partial charge in [0.25, 0.3) is 0 Å². The van der Waals surface area contributed by atoms with Gasteiger partial charge < -0.3 is 15.4 Å². The molecule has 1 aliphatic heterocycles. The first-order chi connectivity index (χ1) is 5.31. The molecule has 1 aromatic heterocycles. The van der Waals surface area contributed by atoms with Crippen LogP contribution in [0, 0.1) is 0 Å². The number of nitrogens with zero attached hydrogens (tertiary/aromatic N) is 1. The van der Waals surface area contributed by atoms with Crippen LogP contribution in [0.4, 0.5) is 0 Å². The van der Waals surface area contributed by atoms with Crippen molar-refractivity contribution < 1.29 is 5.11 Å². The molecule has 1 saturated heterocycles. The minimum Gasteiger partial charge on any atom is -0.381 e. The first kappa shape index (κ1) is 6.82. The Balaban J connectivity index is 2.27. The SMILES string of the molecule is OC1(c2ncc[nH]2)CCNC1. The van der Waals surface area contributed by atoms with Crippen LogP contribution in [0.1, 0.15) is 12.2 Å². The number of rotatable bonds is 1. The van der Waals surface area contributed by atoms with Gasteiger partial charge >= 0.3 is 0 Å². The standard InChI is InChI=1S/C7H11N3O/c11-7(1-2-8-5-7)6-9-3-4-10-6/h3-4,8,11H,1-2,5H2,(H,9,10). The predicted octanol–water partition coefficient (Wildman–Crippen LogP) is -0.409. The van der Waals surface area contributed by atoms with Gasteiger partial charge in [-0.25, -0.2) is 4.98 Å². The minimum atomic E-state index is -0.760. The predicted molar refractivity (Wildman–Crippen MR) is 40.0 cm³/mol. The van der Waals surface area contributed by atoms with Crippen LogP contribution < -0.4 is 5.32 Å². The Kier molecular flexibility index (Phi) is 1.44. The van der Waals surface area contributed by atoms with E-state index in [0.717, 1.165) is 13.0 Å². The highest BCUT2D eigenvalue weighted by Crippen LogP contribution is 2.23. The van der Waals surface area contributed by atoms with Crippen molar-refractivity contribution in [2.75, 3.05) is 13.1 Å². The summed E-state index contributed by atoms with van der Waals surface area (Å²) in [5.41, 5.74) is -0.760. The number of nitrogens with one attached hydrogen (secondary N) is 2. The van der Waals surface area contributed by atoms with Gasteiger partial charge in [0.15, 0.2) is 0 Å². The average molecular weight is 153 g/mol. The maximum Gasteiger partial charge on any atom is 0.139 e. The summed E-state index contributed by atoms with van der Waals surface area (Å²) in [6.45, 7) is 1.46. The molecule has 1 aromatic rings. The molecule has 1 atom stereocenters. The molecular weight excluding hydrogens is 142 g/mol. The van der Waals surface area contributed by atoms with Gasteiger partial charge in [-0.2, -0.15) is 0 Å². The Hall–Kier alpha value is -0.870. The average Bonchev–Trinajstić information content (AvgIpc) is 2.55. The van der Waals surface area contributed by atoms with Gasteiger partial charge in [0.2, 0.25) is 0 Å². The molecule has 0 radical (unpaired) electrons. The Bertz CT molecular complexity index is 226. The first-order valence-corrected chi connectivity index (χ1v) is 3.74. The van der Waals surface area contributed by atoms with Crippen LogP contribution >= 0.6 is 0 Å². The van der Waals surface area contributed by atoms with E-state index in [1.165, 1.54) is 0 Å². The molecule has 0 amide bonds. The summed E-state index contributed by atoms with van der Waals surface area (Å²) >= 11 is 0. The molecule has 1 fully saturated rings. The fraction of sp³-hybridized carbons (Fsp3) is 0.571. The molecular formula is C7H11N3O. The molecule has 0 aromatic carbocycles. The van der Waals surface area contributed by atoms with Gasteiger partial charge in [-0.3, -0.25) is 0 Å². The summed E-state index contributed by atoms with van der Waals surface area (Å²) in [5, 5.41) is 13.0. The molecule has 4 heteroatoms. The minimum absolute atomic E-state index is 0.598. The summed E-state index contributed by atoms with van der Waals surface area (Å²) < 4.78 is 0. The summed E-state index contributed by atoms with van der Waals surface area (Å²) in [6, 6.07) is 0. The van der Waals surface area contributed by atoms with E-state index in [-0.39, 0.29) is 0 Å². The van der Waals surface area contributed by atoms with Crippen LogP contribution in [0.15, 0.2) is 12.4 Å². The summed E-state index contributed by atoms with van der Waals surface area (Å²) in [7, 11) is 0. The van der Waals surface area contributed by atoms with Crippen molar-refractivity contribution in [2.24, 2.45) is 0 Å². The monoisotopic (exact) mass is 153 g/mol. The van der Waals surface area contributed by atoms with Crippen molar-refractivity contribution in [2.45, 2.75) is 12.0 Å². The maximum absolute atomic E-state index is 9.90. The number of hydrogen-bond acceptors (Lipinski definition) is 3. The van der Waals surface area contributed by atoms with Crippen LogP contribution in [0.5, 0.6) is 0 Å². The molecule has 1 unspecified atom stereocenters. The van der Waals surface area contributed by atoms with E-state index < -0.39 is 5.60 Å². The first-order valence-electron chi connectivity index (χ1n) is 3.74. The lowest BCUT2D eigenvalue weighted by molar-refractivity contribution is 0.0501. The van der Waals surface area contributed by atoms with Crippen molar-refractivity contribution in [3.63, 3.8) is 0 Å². The lowest BCUT2D eigenvalue weighted by Crippen LogP contribution is -2.29. The quantitative estimate of drug-likeness (QED) is 0.514. The number of hydrogen-bond donors (Lipinski definition) is 3. The Labute approximate surface area is 64.7 Å². The molecule has 11 heavy (non-hydrogen) atoms. The number of β-amino-alcohol motifs (C(OH)–C–C–N with tert-alkyl or cyclic N) is 1. The molecule has 3 N–H and O–H groups in total. The van der Waals surface area contributed by atoms with Crippen molar-refractivity contribution >= 4 is 0 Å². The van der Waals surface area contributed by atoms with E-state index in [4.69, 9.17) is 0 Å². The second kappa shape index (κ2) is 2.32. The van der Waals surface area contributed by atoms with E-state index >= 15 is 0 Å². The highest BCUT2D eigenvalue weighted by Gasteiger charge is 2.35. The third-order valence-corrected chi connectivity index (χ3v) is 2.07. The fourth-order valence-corrected chi connectivity index (χ4v) is 1.40. The number of imidazole rings is 1. The fourth-order valence-electron chi connectivity index (χ4n) is 1.40. The molecule has 2 heterocycles. The molecule has 1 aliphatic rings. The van der Waals surface area contributed by atoms with Crippen molar-refractivity contribution in [1.29, 1.82) is 0 Å². The second-order valence-electron chi connectivity index (χ2n) is 2.90. The van der Waals surface area contributed by atoms with Crippen molar-refractivity contribution in [3.05, 3.63) is 18.2 Å². The number of H-pyrrole nitrogens is 1. The van der Waals surface area contributed by atoms with Crippen LogP contribution in [0.3, 0.4) is 0 Å². The van der Waals surface area contributed by atoms with Gasteiger partial charge in [0.1, 0.15) is 11.4 Å². The van der Waals surface area contributed by atoms with Crippen molar-refractivity contribution in [1.82, 2.24) is 15.3 Å². The highest BCUT2D eigenvalue weighted by molar-refractivity contribution is 5.05. The van der Waals surface area contributed by atoms with Gasteiger partial charge in [0, 0.05) is 18.9 Å². The third-order valence-electron chi connectivity index (χ3n) is 2.07. The van der Waals surface area contributed by atoms with Gasteiger partial charge in [-0.05, 0) is 13.0 Å². The molecule has 0 aliphatic carbocycles. The van der Waals surface area contributed by atoms with E-state index in [9.17, 15) is 5.11 Å². The highest BCUT2D eigenvalue weighted by atomic mass is 16.3. The summed E-state index contributed by atoms with van der Waals surface area (Å²) in [5.74, 6) is 0.669. The van der Waals surface area contributed by atoms with Crippen LogP contribution in [-0.4, -0.2) is 28.2 Å². The van der Waals surface area contributed by atoms with Crippen LogP contribution in [0.2, 0.25) is 0 Å². The molecule has 2 rings (SSSR count). The number of aliphatic hydroxyl groups is 1. The third kappa shape index (κ3) is 1.04. The Morgan fingerprint density at radius 2 is 2.55 bits per heavy atom. The second-order valence-corrected chi connectivity index (χ2v) is 2.90. The Morgan fingerprint density at radius 3 is 3.09 bits per heavy atom. The topological polar surface area (TPSA) is 60.9 Å². The number of aromatic amines is 1. The smallest absolute Gasteiger partial charge is 0.139 e.